The Bertz CT molecular complexity index is 1280. The molecule has 4 rings (SSSR count). The Hall–Kier alpha value is -3.64. The van der Waals surface area contributed by atoms with E-state index in [1.807, 2.05) is 43.3 Å². The predicted molar refractivity (Wildman–Crippen MR) is 125 cm³/mol. The lowest BCUT2D eigenvalue weighted by Crippen LogP contribution is -2.27. The fraction of sp³-hybridized carbons (Fsp3) is 0.160. The summed E-state index contributed by atoms with van der Waals surface area (Å²) in [6.07, 6.45) is 3.42. The van der Waals surface area contributed by atoms with Crippen LogP contribution in [0.15, 0.2) is 67.0 Å². The maximum Gasteiger partial charge on any atom is 0.252 e. The molecule has 0 radical (unpaired) electrons. The molecule has 1 N–H and O–H groups in total. The summed E-state index contributed by atoms with van der Waals surface area (Å²) in [5.41, 5.74) is 3.55. The topological polar surface area (TPSA) is 73.3 Å². The van der Waals surface area contributed by atoms with Gasteiger partial charge in [-0.2, -0.15) is 0 Å². The van der Waals surface area contributed by atoms with E-state index in [-0.39, 0.29) is 11.9 Å². The Morgan fingerprint density at radius 2 is 1.84 bits per heavy atom. The van der Waals surface area contributed by atoms with E-state index in [2.05, 4.69) is 10.3 Å². The number of hydrogen-bond acceptors (Lipinski definition) is 5. The van der Waals surface area contributed by atoms with Crippen LogP contribution in [-0.2, 0) is 0 Å². The first-order valence-corrected chi connectivity index (χ1v) is 10.4. The zero-order valence-corrected chi connectivity index (χ0v) is 18.7. The second kappa shape index (κ2) is 9.24. The highest BCUT2D eigenvalue weighted by Gasteiger charge is 2.18. The summed E-state index contributed by atoms with van der Waals surface area (Å²) in [6, 6.07) is 16.1. The molecule has 6 nitrogen and oxygen atoms in total. The summed E-state index contributed by atoms with van der Waals surface area (Å²) < 4.78 is 10.7. The molecule has 2 aromatic carbocycles. The molecule has 4 aromatic rings. The van der Waals surface area contributed by atoms with Gasteiger partial charge in [0.2, 0.25) is 0 Å². The number of nitrogens with one attached hydrogen (secondary N) is 1. The van der Waals surface area contributed by atoms with Gasteiger partial charge in [-0.1, -0.05) is 17.7 Å². The highest BCUT2D eigenvalue weighted by molar-refractivity contribution is 6.31. The van der Waals surface area contributed by atoms with Crippen LogP contribution in [0.3, 0.4) is 0 Å². The van der Waals surface area contributed by atoms with Crippen LogP contribution in [0.25, 0.3) is 22.2 Å². The fourth-order valence-corrected chi connectivity index (χ4v) is 3.70. The number of ether oxygens (including phenoxy) is 2. The first-order valence-electron chi connectivity index (χ1n) is 10.0. The Kier molecular flexibility index (Phi) is 6.23. The van der Waals surface area contributed by atoms with Gasteiger partial charge in [-0.3, -0.25) is 9.78 Å². The third kappa shape index (κ3) is 4.36. The van der Waals surface area contributed by atoms with E-state index in [0.29, 0.717) is 38.7 Å². The van der Waals surface area contributed by atoms with E-state index in [4.69, 9.17) is 26.1 Å². The molecular weight excluding hydrogens is 426 g/mol. The molecule has 162 valence electrons. The monoisotopic (exact) mass is 447 g/mol. The van der Waals surface area contributed by atoms with Crippen molar-refractivity contribution in [2.24, 2.45) is 0 Å². The van der Waals surface area contributed by atoms with Gasteiger partial charge >= 0.3 is 0 Å². The van der Waals surface area contributed by atoms with Gasteiger partial charge in [0.05, 0.1) is 37.0 Å². The molecule has 2 aromatic heterocycles. The van der Waals surface area contributed by atoms with Crippen LogP contribution in [0.1, 0.15) is 28.9 Å². The molecule has 1 amide bonds. The summed E-state index contributed by atoms with van der Waals surface area (Å²) in [6.45, 7) is 1.91. The molecule has 0 bridgehead atoms. The lowest BCUT2D eigenvalue weighted by molar-refractivity contribution is 0.0941. The van der Waals surface area contributed by atoms with Gasteiger partial charge in [-0.25, -0.2) is 4.98 Å². The van der Waals surface area contributed by atoms with E-state index in [0.717, 1.165) is 11.1 Å². The maximum atomic E-state index is 13.4. The summed E-state index contributed by atoms with van der Waals surface area (Å²) in [5.74, 6) is 1.00. The molecule has 0 aliphatic heterocycles. The molecule has 1 unspecified atom stereocenters. The zero-order valence-electron chi connectivity index (χ0n) is 17.9. The maximum absolute atomic E-state index is 13.4. The molecule has 1 atom stereocenters. The van der Waals surface area contributed by atoms with Crippen LogP contribution >= 0.6 is 11.6 Å². The molecule has 0 fully saturated rings. The Morgan fingerprint density at radius 3 is 2.56 bits per heavy atom. The number of hydrogen-bond donors (Lipinski definition) is 1. The van der Waals surface area contributed by atoms with Crippen molar-refractivity contribution in [3.05, 3.63) is 83.1 Å². The Balaban J connectivity index is 1.72. The van der Waals surface area contributed by atoms with Crippen molar-refractivity contribution in [1.29, 1.82) is 0 Å². The quantitative estimate of drug-likeness (QED) is 0.425. The Labute approximate surface area is 191 Å². The van der Waals surface area contributed by atoms with Crippen LogP contribution in [0.2, 0.25) is 5.02 Å². The predicted octanol–water partition coefficient (Wildman–Crippen LogP) is 5.46. The van der Waals surface area contributed by atoms with Crippen molar-refractivity contribution in [2.45, 2.75) is 13.0 Å². The normalized spacial score (nSPS) is 11.8. The van der Waals surface area contributed by atoms with Gasteiger partial charge in [0.1, 0.15) is 0 Å². The average molecular weight is 448 g/mol. The third-order valence-corrected chi connectivity index (χ3v) is 5.46. The number of nitrogens with zero attached hydrogens (tertiary/aromatic N) is 2. The molecule has 0 aliphatic rings. The molecule has 7 heteroatoms. The van der Waals surface area contributed by atoms with Crippen molar-refractivity contribution in [3.63, 3.8) is 0 Å². The number of aromatic nitrogens is 2. The molecule has 0 saturated heterocycles. The minimum Gasteiger partial charge on any atom is -0.493 e. The molecule has 0 saturated carbocycles. The van der Waals surface area contributed by atoms with Crippen molar-refractivity contribution >= 4 is 28.4 Å². The van der Waals surface area contributed by atoms with Crippen LogP contribution in [0.5, 0.6) is 11.5 Å². The van der Waals surface area contributed by atoms with Crippen LogP contribution < -0.4 is 14.8 Å². The van der Waals surface area contributed by atoms with Gasteiger partial charge in [0, 0.05) is 28.4 Å². The minimum atomic E-state index is -0.272. The molecular formula is C25H22ClN3O3. The van der Waals surface area contributed by atoms with E-state index in [1.54, 1.807) is 44.8 Å². The number of benzene rings is 2. The minimum absolute atomic E-state index is 0.230. The number of carbonyl (C=O) groups is 1. The standard InChI is InChI=1S/C25H22ClN3O3/c1-15(16-6-9-23(31-2)24(11-16)32-3)28-25(30)20-13-22(17-5-4-10-27-14-17)29-21-8-7-18(26)12-19(20)21/h4-15H,1-3H3,(H,28,30). The first kappa shape index (κ1) is 21.6. The van der Waals surface area contributed by atoms with Crippen molar-refractivity contribution < 1.29 is 14.3 Å². The number of pyridine rings is 2. The molecule has 0 aliphatic carbocycles. The van der Waals surface area contributed by atoms with Crippen LogP contribution in [0.4, 0.5) is 0 Å². The smallest absolute Gasteiger partial charge is 0.252 e. The van der Waals surface area contributed by atoms with E-state index in [9.17, 15) is 4.79 Å². The highest BCUT2D eigenvalue weighted by Crippen LogP contribution is 2.31. The lowest BCUT2D eigenvalue weighted by Gasteiger charge is -2.18. The van der Waals surface area contributed by atoms with E-state index in [1.165, 1.54) is 0 Å². The van der Waals surface area contributed by atoms with Gasteiger partial charge in [0.15, 0.2) is 11.5 Å². The van der Waals surface area contributed by atoms with Gasteiger partial charge in [-0.05, 0) is 61.0 Å². The van der Waals surface area contributed by atoms with Crippen molar-refractivity contribution in [2.75, 3.05) is 14.2 Å². The SMILES string of the molecule is COc1ccc(C(C)NC(=O)c2cc(-c3cccnc3)nc3ccc(Cl)cc23)cc1OC. The first-order chi connectivity index (χ1) is 15.5. The van der Waals surface area contributed by atoms with Gasteiger partial charge in [0.25, 0.3) is 5.91 Å². The number of methoxy groups -OCH3 is 2. The number of carbonyl (C=O) groups excluding carboxylic acids is 1. The number of fused-ring (bicyclic) bond motifs is 1. The second-order valence-electron chi connectivity index (χ2n) is 7.27. The zero-order chi connectivity index (χ0) is 22.7. The van der Waals surface area contributed by atoms with Crippen molar-refractivity contribution in [1.82, 2.24) is 15.3 Å². The van der Waals surface area contributed by atoms with Crippen LogP contribution in [-0.4, -0.2) is 30.1 Å². The summed E-state index contributed by atoms with van der Waals surface area (Å²) in [7, 11) is 3.17. The van der Waals surface area contributed by atoms with Crippen LogP contribution in [0, 0.1) is 0 Å². The highest BCUT2D eigenvalue weighted by atomic mass is 35.5. The van der Waals surface area contributed by atoms with Gasteiger partial charge in [-0.15, -0.1) is 0 Å². The van der Waals surface area contributed by atoms with Gasteiger partial charge < -0.3 is 14.8 Å². The summed E-state index contributed by atoms with van der Waals surface area (Å²) >= 11 is 6.22. The largest absolute Gasteiger partial charge is 0.493 e. The lowest BCUT2D eigenvalue weighted by atomic mass is 10.0. The number of amides is 1. The summed E-state index contributed by atoms with van der Waals surface area (Å²) in [4.78, 5) is 22.2. The third-order valence-electron chi connectivity index (χ3n) is 5.23. The van der Waals surface area contributed by atoms with E-state index >= 15 is 0 Å². The molecule has 32 heavy (non-hydrogen) atoms. The fourth-order valence-electron chi connectivity index (χ4n) is 3.53. The summed E-state index contributed by atoms with van der Waals surface area (Å²) in [5, 5.41) is 4.29. The average Bonchev–Trinajstić information content (AvgIpc) is 2.83. The van der Waals surface area contributed by atoms with Crippen molar-refractivity contribution in [3.8, 4) is 22.8 Å². The molecule has 0 spiro atoms. The molecule has 2 heterocycles. The second-order valence-corrected chi connectivity index (χ2v) is 7.70. The number of rotatable bonds is 6. The Morgan fingerprint density at radius 1 is 1.03 bits per heavy atom. The number of halogens is 1. The van der Waals surface area contributed by atoms with E-state index < -0.39 is 0 Å².